The van der Waals surface area contributed by atoms with Crippen LogP contribution in [0, 0.1) is 0 Å². The van der Waals surface area contributed by atoms with E-state index in [0.717, 1.165) is 0 Å². The zero-order valence-corrected chi connectivity index (χ0v) is 8.81. The average molecular weight is 208 g/mol. The van der Waals surface area contributed by atoms with Gasteiger partial charge in [-0.2, -0.15) is 0 Å². The minimum Gasteiger partial charge on any atom is -0.502 e. The Balaban J connectivity index is 3.10. The molecule has 0 bridgehead atoms. The molecule has 0 saturated heterocycles. The molecular formula is C10H12N2O3. The first-order chi connectivity index (χ1) is 6.94. The van der Waals surface area contributed by atoms with E-state index in [0.29, 0.717) is 0 Å². The van der Waals surface area contributed by atoms with Gasteiger partial charge in [0.1, 0.15) is 5.60 Å². The van der Waals surface area contributed by atoms with E-state index in [9.17, 15) is 9.90 Å². The third-order valence-corrected chi connectivity index (χ3v) is 1.44. The number of pyridine rings is 1. The van der Waals surface area contributed by atoms with E-state index in [2.05, 4.69) is 9.98 Å². The molecule has 0 spiro atoms. The molecule has 1 aromatic heterocycles. The lowest BCUT2D eigenvalue weighted by molar-refractivity contribution is 0.126. The highest BCUT2D eigenvalue weighted by atomic mass is 16.5. The number of hydrogen-bond acceptors (Lipinski definition) is 5. The molecule has 0 aliphatic rings. The summed E-state index contributed by atoms with van der Waals surface area (Å²) in [6.07, 6.45) is 2.71. The molecular weight excluding hydrogens is 196 g/mol. The number of aromatic hydroxyl groups is 1. The number of aromatic nitrogens is 1. The quantitative estimate of drug-likeness (QED) is 0.595. The molecule has 0 saturated carbocycles. The Labute approximate surface area is 87.4 Å². The molecule has 5 nitrogen and oxygen atoms in total. The molecule has 0 aliphatic carbocycles. The Kier molecular flexibility index (Phi) is 3.07. The molecule has 1 heterocycles. The Bertz CT molecular complexity index is 404. The van der Waals surface area contributed by atoms with Crippen LogP contribution in [-0.4, -0.2) is 21.8 Å². The van der Waals surface area contributed by atoms with Crippen LogP contribution in [0.5, 0.6) is 11.5 Å². The summed E-state index contributed by atoms with van der Waals surface area (Å²) in [6.45, 7) is 5.53. The second-order valence-corrected chi connectivity index (χ2v) is 3.90. The third kappa shape index (κ3) is 3.07. The Hall–Kier alpha value is -1.87. The molecule has 15 heavy (non-hydrogen) atoms. The third-order valence-electron chi connectivity index (χ3n) is 1.44. The zero-order chi connectivity index (χ0) is 11.5. The standard InChI is InChI=1S/C10H12N2O3/c1-10(2,3)15-7-4-5-11-9(8(7)14)12-6-13/h4-5,14H,1-3H3. The Morgan fingerprint density at radius 1 is 1.53 bits per heavy atom. The van der Waals surface area contributed by atoms with Crippen molar-refractivity contribution in [2.24, 2.45) is 4.99 Å². The summed E-state index contributed by atoms with van der Waals surface area (Å²) in [4.78, 5) is 17.0. The van der Waals surface area contributed by atoms with Crippen LogP contribution in [-0.2, 0) is 4.79 Å². The van der Waals surface area contributed by atoms with Crippen molar-refractivity contribution in [2.45, 2.75) is 26.4 Å². The minimum atomic E-state index is -0.443. The number of isocyanates is 1. The van der Waals surface area contributed by atoms with Crippen LogP contribution in [0.15, 0.2) is 17.3 Å². The lowest BCUT2D eigenvalue weighted by Gasteiger charge is -2.21. The summed E-state index contributed by atoms with van der Waals surface area (Å²) in [5, 5.41) is 9.62. The maximum Gasteiger partial charge on any atom is 0.242 e. The second-order valence-electron chi connectivity index (χ2n) is 3.90. The summed E-state index contributed by atoms with van der Waals surface area (Å²) in [7, 11) is 0. The van der Waals surface area contributed by atoms with Crippen molar-refractivity contribution in [2.75, 3.05) is 0 Å². The Morgan fingerprint density at radius 2 is 2.20 bits per heavy atom. The van der Waals surface area contributed by atoms with Crippen molar-refractivity contribution >= 4 is 11.9 Å². The maximum atomic E-state index is 10.0. The van der Waals surface area contributed by atoms with Gasteiger partial charge in [0.05, 0.1) is 0 Å². The first-order valence-corrected chi connectivity index (χ1v) is 4.39. The fraction of sp³-hybridized carbons (Fsp3) is 0.400. The molecule has 0 amide bonds. The fourth-order valence-electron chi connectivity index (χ4n) is 0.963. The van der Waals surface area contributed by atoms with Crippen molar-refractivity contribution in [3.63, 3.8) is 0 Å². The van der Waals surface area contributed by atoms with Crippen LogP contribution in [0.4, 0.5) is 5.82 Å². The summed E-state index contributed by atoms with van der Waals surface area (Å²) in [5.74, 6) is -0.103. The molecule has 5 heteroatoms. The first-order valence-electron chi connectivity index (χ1n) is 4.39. The topological polar surface area (TPSA) is 71.8 Å². The van der Waals surface area contributed by atoms with E-state index < -0.39 is 5.60 Å². The van der Waals surface area contributed by atoms with E-state index in [1.165, 1.54) is 18.3 Å². The molecule has 0 aliphatic heterocycles. The van der Waals surface area contributed by atoms with Crippen molar-refractivity contribution < 1.29 is 14.6 Å². The molecule has 0 aromatic carbocycles. The monoisotopic (exact) mass is 208 g/mol. The van der Waals surface area contributed by atoms with E-state index >= 15 is 0 Å². The van der Waals surface area contributed by atoms with Gasteiger partial charge in [-0.1, -0.05) is 0 Å². The first kappa shape index (κ1) is 11.2. The highest BCUT2D eigenvalue weighted by Gasteiger charge is 2.16. The SMILES string of the molecule is CC(C)(C)Oc1ccnc(N=C=O)c1O. The smallest absolute Gasteiger partial charge is 0.242 e. The van der Waals surface area contributed by atoms with Gasteiger partial charge in [0, 0.05) is 12.3 Å². The summed E-state index contributed by atoms with van der Waals surface area (Å²) in [5.41, 5.74) is -0.443. The molecule has 1 N–H and O–H groups in total. The molecule has 0 radical (unpaired) electrons. The number of nitrogens with zero attached hydrogens (tertiary/aromatic N) is 2. The Morgan fingerprint density at radius 3 is 2.73 bits per heavy atom. The van der Waals surface area contributed by atoms with E-state index in [-0.39, 0.29) is 17.3 Å². The fourth-order valence-corrected chi connectivity index (χ4v) is 0.963. The average Bonchev–Trinajstić information content (AvgIpc) is 2.10. The number of carbonyl (C=O) groups excluding carboxylic acids is 1. The predicted octanol–water partition coefficient (Wildman–Crippen LogP) is 1.93. The van der Waals surface area contributed by atoms with Gasteiger partial charge in [-0.3, -0.25) is 0 Å². The van der Waals surface area contributed by atoms with Crippen molar-refractivity contribution in [3.05, 3.63) is 12.3 Å². The largest absolute Gasteiger partial charge is 0.502 e. The summed E-state index contributed by atoms with van der Waals surface area (Å²) in [6, 6.07) is 1.50. The molecule has 1 aromatic rings. The van der Waals surface area contributed by atoms with Crippen molar-refractivity contribution in [3.8, 4) is 11.5 Å². The van der Waals surface area contributed by atoms with Crippen LogP contribution in [0.2, 0.25) is 0 Å². The molecule has 1 rings (SSSR count). The van der Waals surface area contributed by atoms with Crippen molar-refractivity contribution in [1.82, 2.24) is 4.98 Å². The molecule has 0 unspecified atom stereocenters. The molecule has 80 valence electrons. The number of ether oxygens (including phenoxy) is 1. The number of aliphatic imine (C=N–C) groups is 1. The lowest BCUT2D eigenvalue weighted by atomic mass is 10.2. The van der Waals surface area contributed by atoms with Crippen LogP contribution in [0.3, 0.4) is 0 Å². The van der Waals surface area contributed by atoms with Crippen LogP contribution in [0.25, 0.3) is 0 Å². The van der Waals surface area contributed by atoms with E-state index in [1.54, 1.807) is 0 Å². The van der Waals surface area contributed by atoms with Gasteiger partial charge in [-0.15, -0.1) is 4.99 Å². The van der Waals surface area contributed by atoms with Gasteiger partial charge in [-0.25, -0.2) is 9.78 Å². The lowest BCUT2D eigenvalue weighted by Crippen LogP contribution is -2.22. The highest BCUT2D eigenvalue weighted by molar-refractivity contribution is 5.57. The normalized spacial score (nSPS) is 10.6. The number of rotatable bonds is 2. The van der Waals surface area contributed by atoms with Gasteiger partial charge < -0.3 is 9.84 Å². The van der Waals surface area contributed by atoms with Crippen LogP contribution in [0.1, 0.15) is 20.8 Å². The van der Waals surface area contributed by atoms with E-state index in [1.807, 2.05) is 20.8 Å². The van der Waals surface area contributed by atoms with Gasteiger partial charge in [0.2, 0.25) is 17.6 Å². The minimum absolute atomic E-state index is 0.0910. The summed E-state index contributed by atoms with van der Waals surface area (Å²) >= 11 is 0. The second kappa shape index (κ2) is 4.11. The van der Waals surface area contributed by atoms with Crippen LogP contribution < -0.4 is 4.74 Å². The van der Waals surface area contributed by atoms with E-state index in [4.69, 9.17) is 4.74 Å². The van der Waals surface area contributed by atoms with Gasteiger partial charge in [0.25, 0.3) is 0 Å². The molecule has 0 fully saturated rings. The maximum absolute atomic E-state index is 10.0. The van der Waals surface area contributed by atoms with Gasteiger partial charge >= 0.3 is 0 Å². The zero-order valence-electron chi connectivity index (χ0n) is 8.81. The number of hydrogen-bond donors (Lipinski definition) is 1. The highest BCUT2D eigenvalue weighted by Crippen LogP contribution is 2.35. The summed E-state index contributed by atoms with van der Waals surface area (Å²) < 4.78 is 5.44. The van der Waals surface area contributed by atoms with Crippen molar-refractivity contribution in [1.29, 1.82) is 0 Å². The van der Waals surface area contributed by atoms with Gasteiger partial charge in [0.15, 0.2) is 5.75 Å². The van der Waals surface area contributed by atoms with Crippen LogP contribution >= 0.6 is 0 Å². The molecule has 0 atom stereocenters. The predicted molar refractivity (Wildman–Crippen MR) is 54.1 cm³/mol. The van der Waals surface area contributed by atoms with Gasteiger partial charge in [-0.05, 0) is 20.8 Å².